The van der Waals surface area contributed by atoms with Crippen molar-refractivity contribution in [2.24, 2.45) is 0 Å². The zero-order valence-electron chi connectivity index (χ0n) is 11.1. The number of amides is 1. The molecule has 0 aliphatic carbocycles. The molecule has 1 aliphatic rings. The first-order valence-corrected chi connectivity index (χ1v) is 6.56. The Morgan fingerprint density at radius 2 is 2.47 bits per heavy atom. The molecular weight excluding hydrogens is 244 g/mol. The van der Waals surface area contributed by atoms with Crippen molar-refractivity contribution >= 4 is 17.4 Å². The van der Waals surface area contributed by atoms with E-state index in [1.807, 2.05) is 17.9 Å². The van der Waals surface area contributed by atoms with Crippen molar-refractivity contribution in [2.45, 2.75) is 19.4 Å². The first-order chi connectivity index (χ1) is 9.22. The maximum atomic E-state index is 12.1. The molecule has 1 atom stereocenters. The summed E-state index contributed by atoms with van der Waals surface area (Å²) in [6.45, 7) is 4.40. The lowest BCUT2D eigenvalue weighted by atomic mass is 10.2. The number of hydrogen-bond donors (Lipinski definition) is 2. The number of rotatable bonds is 4. The summed E-state index contributed by atoms with van der Waals surface area (Å²) in [7, 11) is 0. The molecule has 0 spiro atoms. The number of nitrogen functional groups attached to an aromatic ring is 1. The Labute approximate surface area is 112 Å². The van der Waals surface area contributed by atoms with Gasteiger partial charge in [-0.1, -0.05) is 6.92 Å². The first-order valence-electron chi connectivity index (χ1n) is 6.56. The summed E-state index contributed by atoms with van der Waals surface area (Å²) in [5, 5.41) is 2.91. The summed E-state index contributed by atoms with van der Waals surface area (Å²) in [6, 6.07) is 3.32. The van der Waals surface area contributed by atoms with E-state index in [-0.39, 0.29) is 11.9 Å². The molecule has 2 rings (SSSR count). The Bertz CT molecular complexity index is 421. The van der Waals surface area contributed by atoms with Crippen molar-refractivity contribution in [1.82, 2.24) is 10.3 Å². The van der Waals surface area contributed by atoms with Gasteiger partial charge in [-0.3, -0.25) is 4.79 Å². The molecule has 19 heavy (non-hydrogen) atoms. The molecule has 0 bridgehead atoms. The van der Waals surface area contributed by atoms with Crippen LogP contribution in [-0.4, -0.2) is 43.2 Å². The zero-order chi connectivity index (χ0) is 13.7. The fraction of sp³-hybridized carbons (Fsp3) is 0.538. The monoisotopic (exact) mass is 264 g/mol. The topological polar surface area (TPSA) is 80.5 Å². The van der Waals surface area contributed by atoms with Crippen LogP contribution < -0.4 is 16.0 Å². The molecule has 1 unspecified atom stereocenters. The average Bonchev–Trinajstić information content (AvgIpc) is 2.45. The standard InChI is InChI=1S/C13H20N4O2/c1-2-5-15-13(18)11-9-19-7-6-17(11)10-3-4-12(14)16-8-10/h3-4,8,11H,2,5-7,9H2,1H3,(H2,14,16)(H,15,18). The third-order valence-corrected chi connectivity index (χ3v) is 3.08. The van der Waals surface area contributed by atoms with E-state index in [0.29, 0.717) is 32.1 Å². The van der Waals surface area contributed by atoms with Gasteiger partial charge in [0.25, 0.3) is 0 Å². The highest BCUT2D eigenvalue weighted by Gasteiger charge is 2.29. The summed E-state index contributed by atoms with van der Waals surface area (Å²) >= 11 is 0. The van der Waals surface area contributed by atoms with Crippen LogP contribution in [0.3, 0.4) is 0 Å². The second-order valence-corrected chi connectivity index (χ2v) is 4.52. The van der Waals surface area contributed by atoms with Crippen LogP contribution in [0.15, 0.2) is 18.3 Å². The number of carbonyl (C=O) groups is 1. The normalized spacial score (nSPS) is 19.2. The van der Waals surface area contributed by atoms with E-state index in [1.54, 1.807) is 12.3 Å². The van der Waals surface area contributed by atoms with E-state index in [0.717, 1.165) is 12.1 Å². The van der Waals surface area contributed by atoms with Crippen molar-refractivity contribution in [2.75, 3.05) is 36.9 Å². The molecule has 1 aromatic rings. The van der Waals surface area contributed by atoms with Gasteiger partial charge < -0.3 is 20.7 Å². The summed E-state index contributed by atoms with van der Waals surface area (Å²) in [5.74, 6) is 0.474. The Hall–Kier alpha value is -1.82. The van der Waals surface area contributed by atoms with Crippen molar-refractivity contribution in [1.29, 1.82) is 0 Å². The van der Waals surface area contributed by atoms with Crippen LogP contribution >= 0.6 is 0 Å². The molecule has 6 nitrogen and oxygen atoms in total. The Morgan fingerprint density at radius 3 is 3.16 bits per heavy atom. The molecule has 1 aromatic heterocycles. The molecular formula is C13H20N4O2. The second kappa shape index (κ2) is 6.38. The van der Waals surface area contributed by atoms with E-state index in [9.17, 15) is 4.79 Å². The number of nitrogens with one attached hydrogen (secondary N) is 1. The lowest BCUT2D eigenvalue weighted by Gasteiger charge is -2.36. The fourth-order valence-corrected chi connectivity index (χ4v) is 2.06. The number of ether oxygens (including phenoxy) is 1. The Kier molecular flexibility index (Phi) is 4.57. The van der Waals surface area contributed by atoms with Crippen molar-refractivity contribution in [3.63, 3.8) is 0 Å². The van der Waals surface area contributed by atoms with E-state index in [1.165, 1.54) is 0 Å². The van der Waals surface area contributed by atoms with Gasteiger partial charge in [-0.15, -0.1) is 0 Å². The van der Waals surface area contributed by atoms with Crippen LogP contribution in [0.4, 0.5) is 11.5 Å². The van der Waals surface area contributed by atoms with Crippen LogP contribution in [0.5, 0.6) is 0 Å². The van der Waals surface area contributed by atoms with Gasteiger partial charge in [0, 0.05) is 13.1 Å². The molecule has 1 aliphatic heterocycles. The van der Waals surface area contributed by atoms with Gasteiger partial charge in [0.2, 0.25) is 5.91 Å². The van der Waals surface area contributed by atoms with Gasteiger partial charge in [0.1, 0.15) is 11.9 Å². The highest BCUT2D eigenvalue weighted by Crippen LogP contribution is 2.19. The van der Waals surface area contributed by atoms with Gasteiger partial charge in [-0.05, 0) is 18.6 Å². The molecule has 1 amide bonds. The smallest absolute Gasteiger partial charge is 0.245 e. The Morgan fingerprint density at radius 1 is 1.63 bits per heavy atom. The molecule has 0 saturated carbocycles. The van der Waals surface area contributed by atoms with Crippen LogP contribution in [0.2, 0.25) is 0 Å². The number of nitrogens with two attached hydrogens (primary N) is 1. The fourth-order valence-electron chi connectivity index (χ4n) is 2.06. The molecule has 1 fully saturated rings. The number of pyridine rings is 1. The highest BCUT2D eigenvalue weighted by molar-refractivity contribution is 5.85. The molecule has 104 valence electrons. The van der Waals surface area contributed by atoms with Crippen LogP contribution in [-0.2, 0) is 9.53 Å². The third kappa shape index (κ3) is 3.35. The molecule has 0 radical (unpaired) electrons. The van der Waals surface area contributed by atoms with Crippen molar-refractivity contribution < 1.29 is 9.53 Å². The third-order valence-electron chi connectivity index (χ3n) is 3.08. The van der Waals surface area contributed by atoms with Crippen molar-refractivity contribution in [3.8, 4) is 0 Å². The number of aromatic nitrogens is 1. The maximum absolute atomic E-state index is 12.1. The van der Waals surface area contributed by atoms with Crippen LogP contribution in [0.25, 0.3) is 0 Å². The molecule has 0 aromatic carbocycles. The number of morpholine rings is 1. The number of anilines is 2. The average molecular weight is 264 g/mol. The molecule has 1 saturated heterocycles. The number of carbonyl (C=O) groups excluding carboxylic acids is 1. The minimum absolute atomic E-state index is 0.00150. The number of nitrogens with zero attached hydrogens (tertiary/aromatic N) is 2. The van der Waals surface area contributed by atoms with Gasteiger partial charge in [-0.2, -0.15) is 0 Å². The van der Waals surface area contributed by atoms with E-state index < -0.39 is 0 Å². The van der Waals surface area contributed by atoms with Gasteiger partial charge in [-0.25, -0.2) is 4.98 Å². The summed E-state index contributed by atoms with van der Waals surface area (Å²) in [4.78, 5) is 18.2. The summed E-state index contributed by atoms with van der Waals surface area (Å²) in [5.41, 5.74) is 6.48. The minimum atomic E-state index is -0.300. The van der Waals surface area contributed by atoms with Gasteiger partial charge in [0.05, 0.1) is 25.1 Å². The predicted molar refractivity (Wildman–Crippen MR) is 73.9 cm³/mol. The van der Waals surface area contributed by atoms with Gasteiger partial charge >= 0.3 is 0 Å². The van der Waals surface area contributed by atoms with Crippen LogP contribution in [0, 0.1) is 0 Å². The largest absolute Gasteiger partial charge is 0.384 e. The molecule has 3 N–H and O–H groups in total. The number of hydrogen-bond acceptors (Lipinski definition) is 5. The lowest BCUT2D eigenvalue weighted by Crippen LogP contribution is -2.54. The van der Waals surface area contributed by atoms with E-state index >= 15 is 0 Å². The predicted octanol–water partition coefficient (Wildman–Crippen LogP) is 0.395. The Balaban J connectivity index is 2.11. The highest BCUT2D eigenvalue weighted by atomic mass is 16.5. The molecule has 6 heteroatoms. The SMILES string of the molecule is CCCNC(=O)C1COCCN1c1ccc(N)nc1. The summed E-state index contributed by atoms with van der Waals surface area (Å²) in [6.07, 6.45) is 2.61. The summed E-state index contributed by atoms with van der Waals surface area (Å²) < 4.78 is 5.41. The zero-order valence-corrected chi connectivity index (χ0v) is 11.1. The molecule has 2 heterocycles. The second-order valence-electron chi connectivity index (χ2n) is 4.52. The van der Waals surface area contributed by atoms with Crippen molar-refractivity contribution in [3.05, 3.63) is 18.3 Å². The maximum Gasteiger partial charge on any atom is 0.245 e. The van der Waals surface area contributed by atoms with E-state index in [4.69, 9.17) is 10.5 Å². The first kappa shape index (κ1) is 13.6. The van der Waals surface area contributed by atoms with E-state index in [2.05, 4.69) is 10.3 Å². The minimum Gasteiger partial charge on any atom is -0.384 e. The van der Waals surface area contributed by atoms with Gasteiger partial charge in [0.15, 0.2) is 0 Å². The lowest BCUT2D eigenvalue weighted by molar-refractivity contribution is -0.124. The quantitative estimate of drug-likeness (QED) is 0.822. The van der Waals surface area contributed by atoms with Crippen LogP contribution in [0.1, 0.15) is 13.3 Å².